The molecule has 0 spiro atoms. The summed E-state index contributed by atoms with van der Waals surface area (Å²) >= 11 is 0. The first-order chi connectivity index (χ1) is 9.69. The zero-order chi connectivity index (χ0) is 14.1. The number of anilines is 2. The van der Waals surface area contributed by atoms with E-state index in [2.05, 4.69) is 10.2 Å². The summed E-state index contributed by atoms with van der Waals surface area (Å²) in [6.45, 7) is 3.19. The second-order valence-corrected chi connectivity index (χ2v) is 6.61. The molecule has 1 aromatic rings. The van der Waals surface area contributed by atoms with E-state index in [1.807, 2.05) is 25.1 Å². The fourth-order valence-electron chi connectivity index (χ4n) is 2.82. The van der Waals surface area contributed by atoms with Crippen molar-refractivity contribution in [1.29, 1.82) is 0 Å². The molecule has 3 rings (SSSR count). The van der Waals surface area contributed by atoms with Crippen LogP contribution >= 0.6 is 0 Å². The smallest absolute Gasteiger partial charge is 0.226 e. The summed E-state index contributed by atoms with van der Waals surface area (Å²) in [7, 11) is -0.820. The van der Waals surface area contributed by atoms with Crippen LogP contribution in [0.2, 0.25) is 0 Å². The first kappa shape index (κ1) is 13.4. The Labute approximate surface area is 120 Å². The maximum atomic E-state index is 12.1. The quantitative estimate of drug-likeness (QED) is 0.895. The summed E-state index contributed by atoms with van der Waals surface area (Å²) in [6.07, 6.45) is 0.381. The van der Waals surface area contributed by atoms with Gasteiger partial charge in [-0.1, -0.05) is 6.07 Å². The van der Waals surface area contributed by atoms with Gasteiger partial charge in [0.15, 0.2) is 0 Å². The van der Waals surface area contributed by atoms with Gasteiger partial charge in [0.05, 0.1) is 12.3 Å². The SMILES string of the molecule is CCOc1cccc2c1NC(=O)CC1CS(=O)CCN21. The van der Waals surface area contributed by atoms with Crippen molar-refractivity contribution in [3.05, 3.63) is 18.2 Å². The lowest BCUT2D eigenvalue weighted by Gasteiger charge is -2.35. The number of nitrogens with one attached hydrogen (secondary N) is 1. The number of carbonyl (C=O) groups excluding carboxylic acids is 1. The molecule has 1 fully saturated rings. The molecule has 1 aromatic carbocycles. The lowest BCUT2D eigenvalue weighted by atomic mass is 10.1. The van der Waals surface area contributed by atoms with Gasteiger partial charge in [-0.2, -0.15) is 0 Å². The fraction of sp³-hybridized carbons (Fsp3) is 0.500. The van der Waals surface area contributed by atoms with Crippen molar-refractivity contribution >= 4 is 28.1 Å². The molecule has 1 N–H and O–H groups in total. The Morgan fingerprint density at radius 3 is 3.15 bits per heavy atom. The van der Waals surface area contributed by atoms with E-state index in [1.165, 1.54) is 0 Å². The Kier molecular flexibility index (Phi) is 3.65. The Hall–Kier alpha value is -1.56. The number of amides is 1. The number of carbonyl (C=O) groups is 1. The molecule has 1 amide bonds. The van der Waals surface area contributed by atoms with Crippen molar-refractivity contribution in [1.82, 2.24) is 0 Å². The first-order valence-corrected chi connectivity index (χ1v) is 8.35. The topological polar surface area (TPSA) is 58.6 Å². The van der Waals surface area contributed by atoms with Crippen LogP contribution in [0.5, 0.6) is 5.75 Å². The molecule has 2 aliphatic rings. The van der Waals surface area contributed by atoms with Gasteiger partial charge < -0.3 is 15.0 Å². The molecule has 0 aliphatic carbocycles. The van der Waals surface area contributed by atoms with E-state index in [1.54, 1.807) is 0 Å². The summed E-state index contributed by atoms with van der Waals surface area (Å²) in [4.78, 5) is 14.3. The van der Waals surface area contributed by atoms with Crippen LogP contribution in [-0.4, -0.2) is 40.8 Å². The molecule has 1 saturated heterocycles. The van der Waals surface area contributed by atoms with Gasteiger partial charge in [0.1, 0.15) is 11.4 Å². The van der Waals surface area contributed by atoms with Crippen LogP contribution in [0.3, 0.4) is 0 Å². The fourth-order valence-corrected chi connectivity index (χ4v) is 4.12. The Morgan fingerprint density at radius 1 is 1.50 bits per heavy atom. The average Bonchev–Trinajstić information content (AvgIpc) is 2.55. The maximum Gasteiger partial charge on any atom is 0.226 e. The minimum atomic E-state index is -0.820. The van der Waals surface area contributed by atoms with Gasteiger partial charge in [0, 0.05) is 41.3 Å². The first-order valence-electron chi connectivity index (χ1n) is 6.86. The molecule has 6 heteroatoms. The Morgan fingerprint density at radius 2 is 2.35 bits per heavy atom. The molecule has 0 aromatic heterocycles. The van der Waals surface area contributed by atoms with Crippen LogP contribution in [0, 0.1) is 0 Å². The van der Waals surface area contributed by atoms with Crippen molar-refractivity contribution < 1.29 is 13.7 Å². The van der Waals surface area contributed by atoms with Gasteiger partial charge in [-0.3, -0.25) is 9.00 Å². The van der Waals surface area contributed by atoms with Crippen LogP contribution in [0.25, 0.3) is 0 Å². The number of rotatable bonds is 2. The van der Waals surface area contributed by atoms with Gasteiger partial charge >= 0.3 is 0 Å². The number of nitrogens with zero attached hydrogens (tertiary/aromatic N) is 1. The van der Waals surface area contributed by atoms with Crippen LogP contribution in [0.4, 0.5) is 11.4 Å². The third kappa shape index (κ3) is 2.40. The van der Waals surface area contributed by atoms with E-state index in [0.29, 0.717) is 30.3 Å². The summed E-state index contributed by atoms with van der Waals surface area (Å²) in [6, 6.07) is 5.81. The predicted octanol–water partition coefficient (Wildman–Crippen LogP) is 1.36. The number of para-hydroxylation sites is 1. The predicted molar refractivity (Wildman–Crippen MR) is 79.9 cm³/mol. The van der Waals surface area contributed by atoms with Crippen molar-refractivity contribution in [2.45, 2.75) is 19.4 Å². The van der Waals surface area contributed by atoms with Gasteiger partial charge in [-0.15, -0.1) is 0 Å². The van der Waals surface area contributed by atoms with Crippen LogP contribution < -0.4 is 15.0 Å². The molecule has 2 heterocycles. The summed E-state index contributed by atoms with van der Waals surface area (Å²) in [5.74, 6) is 1.88. The minimum Gasteiger partial charge on any atom is -0.492 e. The Bertz CT molecular complexity index is 561. The van der Waals surface area contributed by atoms with E-state index in [9.17, 15) is 9.00 Å². The summed E-state index contributed by atoms with van der Waals surface area (Å²) in [5.41, 5.74) is 1.72. The Balaban J connectivity index is 2.04. The molecule has 5 nitrogen and oxygen atoms in total. The van der Waals surface area contributed by atoms with Crippen LogP contribution in [0.1, 0.15) is 13.3 Å². The largest absolute Gasteiger partial charge is 0.492 e. The molecular weight excluding hydrogens is 276 g/mol. The number of fused-ring (bicyclic) bond motifs is 3. The molecule has 2 unspecified atom stereocenters. The summed E-state index contributed by atoms with van der Waals surface area (Å²) < 4.78 is 17.4. The maximum absolute atomic E-state index is 12.1. The highest BCUT2D eigenvalue weighted by atomic mass is 32.2. The van der Waals surface area contributed by atoms with Crippen molar-refractivity contribution in [2.24, 2.45) is 0 Å². The van der Waals surface area contributed by atoms with E-state index in [0.717, 1.165) is 17.9 Å². The highest BCUT2D eigenvalue weighted by Crippen LogP contribution is 2.39. The number of ether oxygens (including phenoxy) is 1. The molecular formula is C14H18N2O3S. The minimum absolute atomic E-state index is 0.0164. The van der Waals surface area contributed by atoms with Crippen LogP contribution in [0.15, 0.2) is 18.2 Å². The molecule has 0 radical (unpaired) electrons. The third-order valence-corrected chi connectivity index (χ3v) is 5.07. The highest BCUT2D eigenvalue weighted by molar-refractivity contribution is 7.85. The lowest BCUT2D eigenvalue weighted by molar-refractivity contribution is -0.116. The van der Waals surface area contributed by atoms with Crippen molar-refractivity contribution in [3.63, 3.8) is 0 Å². The second kappa shape index (κ2) is 5.44. The molecule has 108 valence electrons. The highest BCUT2D eigenvalue weighted by Gasteiger charge is 2.33. The van der Waals surface area contributed by atoms with E-state index < -0.39 is 10.8 Å². The van der Waals surface area contributed by atoms with E-state index >= 15 is 0 Å². The van der Waals surface area contributed by atoms with Gasteiger partial charge in [0.25, 0.3) is 0 Å². The second-order valence-electron chi connectivity index (χ2n) is 4.99. The summed E-state index contributed by atoms with van der Waals surface area (Å²) in [5, 5.41) is 2.94. The number of hydrogen-bond acceptors (Lipinski definition) is 4. The van der Waals surface area contributed by atoms with Crippen molar-refractivity contribution in [2.75, 3.05) is 34.9 Å². The zero-order valence-corrected chi connectivity index (χ0v) is 12.2. The normalized spacial score (nSPS) is 25.2. The van der Waals surface area contributed by atoms with Gasteiger partial charge in [0.2, 0.25) is 5.91 Å². The lowest BCUT2D eigenvalue weighted by Crippen LogP contribution is -2.47. The van der Waals surface area contributed by atoms with Crippen LogP contribution in [-0.2, 0) is 15.6 Å². The number of hydrogen-bond donors (Lipinski definition) is 1. The van der Waals surface area contributed by atoms with E-state index in [4.69, 9.17) is 4.74 Å². The zero-order valence-electron chi connectivity index (χ0n) is 11.4. The molecule has 2 atom stereocenters. The number of benzene rings is 1. The molecule has 0 bridgehead atoms. The molecule has 2 aliphatic heterocycles. The van der Waals surface area contributed by atoms with Crippen molar-refractivity contribution in [3.8, 4) is 5.75 Å². The van der Waals surface area contributed by atoms with Gasteiger partial charge in [-0.25, -0.2) is 0 Å². The van der Waals surface area contributed by atoms with E-state index in [-0.39, 0.29) is 11.9 Å². The monoisotopic (exact) mass is 294 g/mol. The standard InChI is InChI=1S/C14H18N2O3S/c1-2-19-12-5-3-4-11-14(12)15-13(17)8-10-9-20(18)7-6-16(10)11/h3-5,10H,2,6-9H2,1H3,(H,15,17). The van der Waals surface area contributed by atoms with Gasteiger partial charge in [-0.05, 0) is 19.1 Å². The molecule has 20 heavy (non-hydrogen) atoms. The average molecular weight is 294 g/mol. The molecule has 0 saturated carbocycles. The third-order valence-electron chi connectivity index (χ3n) is 3.68.